The van der Waals surface area contributed by atoms with E-state index in [2.05, 4.69) is 57.0 Å². The normalized spacial score (nSPS) is 11.4. The molecule has 0 saturated carbocycles. The quantitative estimate of drug-likeness (QED) is 0.682. The first-order valence-corrected chi connectivity index (χ1v) is 8.66. The second-order valence-corrected chi connectivity index (χ2v) is 6.51. The number of hydrogen-bond acceptors (Lipinski definition) is 2. The summed E-state index contributed by atoms with van der Waals surface area (Å²) < 4.78 is 0. The third-order valence-electron chi connectivity index (χ3n) is 3.87. The van der Waals surface area contributed by atoms with E-state index in [1.807, 2.05) is 6.07 Å². The highest BCUT2D eigenvalue weighted by Crippen LogP contribution is 2.29. The molecule has 120 valence electrons. The minimum atomic E-state index is 0.575. The lowest BCUT2D eigenvalue weighted by Gasteiger charge is -2.36. The zero-order valence-electron chi connectivity index (χ0n) is 14.2. The molecule has 0 aliphatic heterocycles. The molecule has 0 spiro atoms. The van der Waals surface area contributed by atoms with Gasteiger partial charge in [-0.2, -0.15) is 0 Å². The van der Waals surface area contributed by atoms with Gasteiger partial charge in [0.15, 0.2) is 0 Å². The predicted molar refractivity (Wildman–Crippen MR) is 95.4 cm³/mol. The van der Waals surface area contributed by atoms with Gasteiger partial charge in [0, 0.05) is 29.8 Å². The molecule has 3 heteroatoms. The Morgan fingerprint density at radius 1 is 1.14 bits per heavy atom. The van der Waals surface area contributed by atoms with Crippen LogP contribution in [0.1, 0.15) is 53.0 Å². The van der Waals surface area contributed by atoms with Crippen molar-refractivity contribution in [1.29, 1.82) is 0 Å². The van der Waals surface area contributed by atoms with Gasteiger partial charge in [0.05, 0.1) is 0 Å². The van der Waals surface area contributed by atoms with Crippen LogP contribution in [0.2, 0.25) is 5.02 Å². The second kappa shape index (κ2) is 9.32. The molecule has 0 heterocycles. The van der Waals surface area contributed by atoms with Crippen LogP contribution >= 0.6 is 11.6 Å². The molecule has 0 bridgehead atoms. The minimum absolute atomic E-state index is 0.575. The van der Waals surface area contributed by atoms with Gasteiger partial charge in [-0.25, -0.2) is 0 Å². The van der Waals surface area contributed by atoms with Crippen molar-refractivity contribution in [3.05, 3.63) is 28.8 Å². The van der Waals surface area contributed by atoms with Crippen molar-refractivity contribution in [1.82, 2.24) is 5.32 Å². The number of halogens is 1. The summed E-state index contributed by atoms with van der Waals surface area (Å²) in [6.45, 7) is 14.2. The first-order valence-electron chi connectivity index (χ1n) is 8.29. The van der Waals surface area contributed by atoms with E-state index >= 15 is 0 Å². The third-order valence-corrected chi connectivity index (χ3v) is 4.10. The maximum absolute atomic E-state index is 6.28. The van der Waals surface area contributed by atoms with Crippen LogP contribution in [0.25, 0.3) is 0 Å². The number of nitrogens with one attached hydrogen (secondary N) is 1. The van der Waals surface area contributed by atoms with E-state index in [9.17, 15) is 0 Å². The molecule has 0 fully saturated rings. The Morgan fingerprint density at radius 3 is 2.33 bits per heavy atom. The number of nitrogens with zero attached hydrogens (tertiary/aromatic N) is 1. The van der Waals surface area contributed by atoms with Crippen LogP contribution in [0.3, 0.4) is 0 Å². The summed E-state index contributed by atoms with van der Waals surface area (Å²) in [7, 11) is 0. The van der Waals surface area contributed by atoms with Crippen LogP contribution in [0, 0.1) is 5.92 Å². The highest BCUT2D eigenvalue weighted by molar-refractivity contribution is 6.30. The first-order chi connectivity index (χ1) is 10.0. The molecular formula is C18H31ClN2. The van der Waals surface area contributed by atoms with E-state index in [4.69, 9.17) is 11.6 Å². The average Bonchev–Trinajstić information content (AvgIpc) is 2.45. The molecule has 0 aliphatic rings. The van der Waals surface area contributed by atoms with Crippen molar-refractivity contribution < 1.29 is 0 Å². The van der Waals surface area contributed by atoms with Gasteiger partial charge in [-0.3, -0.25) is 0 Å². The lowest BCUT2D eigenvalue weighted by molar-refractivity contribution is 0.505. The molecular weight excluding hydrogens is 280 g/mol. The molecule has 0 saturated heterocycles. The number of benzene rings is 1. The lowest BCUT2D eigenvalue weighted by Crippen LogP contribution is -2.38. The summed E-state index contributed by atoms with van der Waals surface area (Å²) in [4.78, 5) is 2.56. The highest BCUT2D eigenvalue weighted by atomic mass is 35.5. The second-order valence-electron chi connectivity index (χ2n) is 6.07. The standard InChI is InChI=1S/C18H31ClN2/c1-6-17(7-2)21(13-14(4)5)18-11-16(19)10-9-15(18)12-20-8-3/h9-11,14,17,20H,6-8,12-13H2,1-5H3. The minimum Gasteiger partial charge on any atom is -0.368 e. The molecule has 21 heavy (non-hydrogen) atoms. The van der Waals surface area contributed by atoms with Crippen molar-refractivity contribution in [3.63, 3.8) is 0 Å². The van der Waals surface area contributed by atoms with Crippen molar-refractivity contribution in [2.24, 2.45) is 5.92 Å². The SMILES string of the molecule is CCNCc1ccc(Cl)cc1N(CC(C)C)C(CC)CC. The Bertz CT molecular complexity index is 414. The molecule has 0 atom stereocenters. The molecule has 1 aromatic carbocycles. The first kappa shape index (κ1) is 18.3. The summed E-state index contributed by atoms with van der Waals surface area (Å²) in [6, 6.07) is 6.87. The maximum Gasteiger partial charge on any atom is 0.0429 e. The molecule has 1 N–H and O–H groups in total. The predicted octanol–water partition coefficient (Wildman–Crippen LogP) is 5.10. The Morgan fingerprint density at radius 2 is 1.81 bits per heavy atom. The summed E-state index contributed by atoms with van der Waals surface area (Å²) in [5, 5.41) is 4.26. The van der Waals surface area contributed by atoms with E-state index in [0.717, 1.165) is 37.5 Å². The topological polar surface area (TPSA) is 15.3 Å². The van der Waals surface area contributed by atoms with E-state index < -0.39 is 0 Å². The van der Waals surface area contributed by atoms with Gasteiger partial charge in [0.1, 0.15) is 0 Å². The average molecular weight is 311 g/mol. The van der Waals surface area contributed by atoms with Gasteiger partial charge in [0.25, 0.3) is 0 Å². The largest absolute Gasteiger partial charge is 0.368 e. The fourth-order valence-electron chi connectivity index (χ4n) is 2.78. The zero-order valence-corrected chi connectivity index (χ0v) is 15.0. The Kier molecular flexibility index (Phi) is 8.13. The fraction of sp³-hybridized carbons (Fsp3) is 0.667. The van der Waals surface area contributed by atoms with Gasteiger partial charge in [-0.15, -0.1) is 0 Å². The number of rotatable bonds is 9. The monoisotopic (exact) mass is 310 g/mol. The van der Waals surface area contributed by atoms with Crippen molar-refractivity contribution in [2.75, 3.05) is 18.0 Å². The molecule has 0 aliphatic carbocycles. The smallest absolute Gasteiger partial charge is 0.0429 e. The fourth-order valence-corrected chi connectivity index (χ4v) is 2.95. The molecule has 0 amide bonds. The highest BCUT2D eigenvalue weighted by Gasteiger charge is 2.19. The summed E-state index contributed by atoms with van der Waals surface area (Å²) in [5.41, 5.74) is 2.64. The van der Waals surface area contributed by atoms with Gasteiger partial charge < -0.3 is 10.2 Å². The molecule has 1 rings (SSSR count). The van der Waals surface area contributed by atoms with Crippen LogP contribution in [-0.4, -0.2) is 19.1 Å². The third kappa shape index (κ3) is 5.52. The van der Waals surface area contributed by atoms with E-state index in [-0.39, 0.29) is 0 Å². The summed E-state index contributed by atoms with van der Waals surface area (Å²) >= 11 is 6.28. The van der Waals surface area contributed by atoms with Gasteiger partial charge in [-0.05, 0) is 43.0 Å². The van der Waals surface area contributed by atoms with Gasteiger partial charge >= 0.3 is 0 Å². The number of hydrogen-bond donors (Lipinski definition) is 1. The van der Waals surface area contributed by atoms with E-state index in [1.54, 1.807) is 0 Å². The van der Waals surface area contributed by atoms with Crippen molar-refractivity contribution in [2.45, 2.75) is 60.0 Å². The lowest BCUT2D eigenvalue weighted by atomic mass is 10.0. The van der Waals surface area contributed by atoms with Crippen LogP contribution < -0.4 is 10.2 Å². The number of anilines is 1. The maximum atomic E-state index is 6.28. The van der Waals surface area contributed by atoms with Gasteiger partial charge in [0.2, 0.25) is 0 Å². The molecule has 1 aromatic rings. The molecule has 0 unspecified atom stereocenters. The van der Waals surface area contributed by atoms with E-state index in [1.165, 1.54) is 11.3 Å². The van der Waals surface area contributed by atoms with Crippen molar-refractivity contribution in [3.8, 4) is 0 Å². The van der Waals surface area contributed by atoms with Crippen LogP contribution in [0.15, 0.2) is 18.2 Å². The molecule has 0 radical (unpaired) electrons. The molecule has 2 nitrogen and oxygen atoms in total. The Balaban J connectivity index is 3.16. The van der Waals surface area contributed by atoms with Crippen LogP contribution in [0.5, 0.6) is 0 Å². The Labute approximate surface area is 135 Å². The van der Waals surface area contributed by atoms with E-state index in [0.29, 0.717) is 12.0 Å². The summed E-state index contributed by atoms with van der Waals surface area (Å²) in [5.74, 6) is 0.636. The van der Waals surface area contributed by atoms with Crippen LogP contribution in [0.4, 0.5) is 5.69 Å². The summed E-state index contributed by atoms with van der Waals surface area (Å²) in [6.07, 6.45) is 2.33. The van der Waals surface area contributed by atoms with Gasteiger partial charge in [-0.1, -0.05) is 52.3 Å². The Hall–Kier alpha value is -0.730. The van der Waals surface area contributed by atoms with Crippen molar-refractivity contribution >= 4 is 17.3 Å². The molecule has 0 aromatic heterocycles. The van der Waals surface area contributed by atoms with Crippen LogP contribution in [-0.2, 0) is 6.54 Å². The zero-order chi connectivity index (χ0) is 15.8.